The van der Waals surface area contributed by atoms with Crippen molar-refractivity contribution in [1.82, 2.24) is 0 Å². The number of halogens is 9. The molecule has 0 radical (unpaired) electrons. The zero-order valence-electron chi connectivity index (χ0n) is 15.6. The quantitative estimate of drug-likeness (QED) is 0.480. The van der Waals surface area contributed by atoms with Crippen LogP contribution in [0.25, 0.3) is 0 Å². The normalized spacial score (nSPS) is 20.5. The molecule has 0 saturated heterocycles. The molecule has 1 aliphatic rings. The highest BCUT2D eigenvalue weighted by atomic mass is 19.4. The molecule has 3 rings (SSSR count). The SMILES string of the molecule is O=C1c2ccccc2CC(Cc2ccccc2)C1C(F)(F)C(F)(F)C(F)(F)C(F)(F)F. The number of hydrogen-bond donors (Lipinski definition) is 0. The van der Waals surface area contributed by atoms with Crippen LogP contribution in [-0.4, -0.2) is 29.7 Å². The van der Waals surface area contributed by atoms with E-state index in [4.69, 9.17) is 0 Å². The summed E-state index contributed by atoms with van der Waals surface area (Å²) >= 11 is 0. The lowest BCUT2D eigenvalue weighted by atomic mass is 9.68. The van der Waals surface area contributed by atoms with Crippen LogP contribution in [0.3, 0.4) is 0 Å². The first-order valence-corrected chi connectivity index (χ1v) is 9.08. The molecule has 2 aromatic carbocycles. The van der Waals surface area contributed by atoms with Crippen LogP contribution in [-0.2, 0) is 12.8 Å². The van der Waals surface area contributed by atoms with E-state index in [1.165, 1.54) is 42.5 Å². The molecule has 0 bridgehead atoms. The topological polar surface area (TPSA) is 17.1 Å². The number of alkyl halides is 9. The van der Waals surface area contributed by atoms with Crippen LogP contribution in [0.5, 0.6) is 0 Å². The summed E-state index contributed by atoms with van der Waals surface area (Å²) in [6.45, 7) is 0. The van der Waals surface area contributed by atoms with Gasteiger partial charge < -0.3 is 0 Å². The molecule has 31 heavy (non-hydrogen) atoms. The van der Waals surface area contributed by atoms with E-state index < -0.39 is 53.5 Å². The fourth-order valence-corrected chi connectivity index (χ4v) is 3.87. The van der Waals surface area contributed by atoms with Crippen molar-refractivity contribution in [3.05, 3.63) is 71.3 Å². The first-order valence-electron chi connectivity index (χ1n) is 9.08. The number of Topliss-reactive ketones (excluding diaryl/α,β-unsaturated/α-hetero) is 1. The molecule has 0 amide bonds. The van der Waals surface area contributed by atoms with Gasteiger partial charge in [-0.05, 0) is 29.9 Å². The van der Waals surface area contributed by atoms with Gasteiger partial charge in [-0.25, -0.2) is 0 Å². The Morgan fingerprint density at radius 2 is 1.29 bits per heavy atom. The molecule has 0 saturated carbocycles. The fraction of sp³-hybridized carbons (Fsp3) is 0.381. The minimum absolute atomic E-state index is 0.228. The zero-order chi connectivity index (χ0) is 23.2. The highest BCUT2D eigenvalue weighted by Crippen LogP contribution is 2.57. The second-order valence-electron chi connectivity index (χ2n) is 7.42. The van der Waals surface area contributed by atoms with Crippen LogP contribution < -0.4 is 0 Å². The zero-order valence-corrected chi connectivity index (χ0v) is 15.6. The number of fused-ring (bicyclic) bond motifs is 1. The maximum Gasteiger partial charge on any atom is 0.460 e. The summed E-state index contributed by atoms with van der Waals surface area (Å²) in [6.07, 6.45) is -7.70. The third-order valence-electron chi connectivity index (χ3n) is 5.42. The lowest BCUT2D eigenvalue weighted by Gasteiger charge is -2.42. The highest BCUT2D eigenvalue weighted by Gasteiger charge is 2.84. The van der Waals surface area contributed by atoms with Crippen LogP contribution in [0.15, 0.2) is 54.6 Å². The summed E-state index contributed by atoms with van der Waals surface area (Å²) in [5.41, 5.74) is 0.167. The van der Waals surface area contributed by atoms with Crippen molar-refractivity contribution in [3.8, 4) is 0 Å². The van der Waals surface area contributed by atoms with Crippen LogP contribution in [0.1, 0.15) is 21.5 Å². The Morgan fingerprint density at radius 3 is 1.87 bits per heavy atom. The lowest BCUT2D eigenvalue weighted by molar-refractivity contribution is -0.402. The van der Waals surface area contributed by atoms with Crippen molar-refractivity contribution in [1.29, 1.82) is 0 Å². The maximum absolute atomic E-state index is 14.9. The van der Waals surface area contributed by atoms with Gasteiger partial charge in [-0.2, -0.15) is 39.5 Å². The van der Waals surface area contributed by atoms with E-state index in [1.807, 2.05) is 0 Å². The third kappa shape index (κ3) is 3.70. The summed E-state index contributed by atoms with van der Waals surface area (Å²) < 4.78 is 123. The van der Waals surface area contributed by atoms with Crippen LogP contribution in [0.2, 0.25) is 0 Å². The van der Waals surface area contributed by atoms with E-state index in [2.05, 4.69) is 0 Å². The molecule has 1 aliphatic carbocycles. The standard InChI is InChI=1S/C21H15F9O/c22-18(23,19(24,25)20(26,27)21(28,29)30)16-14(10-12-6-2-1-3-7-12)11-13-8-4-5-9-15(13)17(16)31/h1-9,14,16H,10-11H2. The summed E-state index contributed by atoms with van der Waals surface area (Å²) in [6, 6.07) is 12.7. The number of carbonyl (C=O) groups is 1. The van der Waals surface area contributed by atoms with Crippen LogP contribution >= 0.6 is 0 Å². The van der Waals surface area contributed by atoms with E-state index in [0.29, 0.717) is 5.56 Å². The van der Waals surface area contributed by atoms with Gasteiger partial charge in [-0.1, -0.05) is 54.6 Å². The number of ketones is 1. The van der Waals surface area contributed by atoms with E-state index in [0.717, 1.165) is 6.07 Å². The van der Waals surface area contributed by atoms with Gasteiger partial charge in [-0.3, -0.25) is 4.79 Å². The predicted octanol–water partition coefficient (Wildman–Crippen LogP) is 6.37. The molecule has 0 fully saturated rings. The molecule has 2 aromatic rings. The van der Waals surface area contributed by atoms with Crippen molar-refractivity contribution in [2.24, 2.45) is 11.8 Å². The predicted molar refractivity (Wildman–Crippen MR) is 92.5 cm³/mol. The largest absolute Gasteiger partial charge is 0.460 e. The first kappa shape index (κ1) is 23.1. The van der Waals surface area contributed by atoms with Gasteiger partial charge in [0.1, 0.15) is 0 Å². The molecule has 168 valence electrons. The molecule has 0 heterocycles. The molecular weight excluding hydrogens is 439 g/mol. The van der Waals surface area contributed by atoms with Crippen molar-refractivity contribution in [2.45, 2.75) is 36.8 Å². The Balaban J connectivity index is 2.12. The van der Waals surface area contributed by atoms with Crippen molar-refractivity contribution in [3.63, 3.8) is 0 Å². The maximum atomic E-state index is 14.9. The van der Waals surface area contributed by atoms with Crippen LogP contribution in [0, 0.1) is 11.8 Å². The average molecular weight is 454 g/mol. The molecule has 0 aliphatic heterocycles. The third-order valence-corrected chi connectivity index (χ3v) is 5.42. The molecule has 2 unspecified atom stereocenters. The van der Waals surface area contributed by atoms with Gasteiger partial charge in [0.2, 0.25) is 0 Å². The summed E-state index contributed by atoms with van der Waals surface area (Å²) in [4.78, 5) is 12.7. The molecule has 0 spiro atoms. The monoisotopic (exact) mass is 454 g/mol. The Kier molecular flexibility index (Phi) is 5.65. The fourth-order valence-electron chi connectivity index (χ4n) is 3.87. The van der Waals surface area contributed by atoms with Gasteiger partial charge >= 0.3 is 23.9 Å². The Labute approximate surface area is 170 Å². The molecule has 0 N–H and O–H groups in total. The van der Waals surface area contributed by atoms with E-state index >= 15 is 0 Å². The van der Waals surface area contributed by atoms with Crippen LogP contribution in [0.4, 0.5) is 39.5 Å². The minimum Gasteiger partial charge on any atom is -0.294 e. The second kappa shape index (κ2) is 7.56. The smallest absolute Gasteiger partial charge is 0.294 e. The lowest BCUT2D eigenvalue weighted by Crippen LogP contribution is -2.65. The molecular formula is C21H15F9O. The summed E-state index contributed by atoms with van der Waals surface area (Å²) in [7, 11) is 0. The van der Waals surface area contributed by atoms with E-state index in [9.17, 15) is 44.3 Å². The van der Waals surface area contributed by atoms with Gasteiger partial charge in [0.25, 0.3) is 0 Å². The highest BCUT2D eigenvalue weighted by molar-refractivity contribution is 6.01. The molecule has 0 aromatic heterocycles. The van der Waals surface area contributed by atoms with Crippen molar-refractivity contribution in [2.75, 3.05) is 0 Å². The first-order chi connectivity index (χ1) is 14.2. The Morgan fingerprint density at radius 1 is 0.742 bits per heavy atom. The second-order valence-corrected chi connectivity index (χ2v) is 7.42. The number of carbonyl (C=O) groups excluding carboxylic acids is 1. The van der Waals surface area contributed by atoms with Gasteiger partial charge in [-0.15, -0.1) is 0 Å². The van der Waals surface area contributed by atoms with E-state index in [-0.39, 0.29) is 12.0 Å². The number of hydrogen-bond acceptors (Lipinski definition) is 1. The van der Waals surface area contributed by atoms with E-state index in [1.54, 1.807) is 6.07 Å². The number of rotatable bonds is 5. The summed E-state index contributed by atoms with van der Waals surface area (Å²) in [5.74, 6) is -26.2. The molecule has 1 nitrogen and oxygen atoms in total. The van der Waals surface area contributed by atoms with Gasteiger partial charge in [0, 0.05) is 5.56 Å². The molecule has 10 heteroatoms. The average Bonchev–Trinajstić information content (AvgIpc) is 2.67. The number of benzene rings is 2. The van der Waals surface area contributed by atoms with Crippen molar-refractivity contribution < 1.29 is 44.3 Å². The Bertz CT molecular complexity index is 951. The van der Waals surface area contributed by atoms with Gasteiger partial charge in [0.15, 0.2) is 5.78 Å². The minimum atomic E-state index is -7.04. The van der Waals surface area contributed by atoms with Crippen molar-refractivity contribution >= 4 is 5.78 Å². The Hall–Kier alpha value is -2.52. The van der Waals surface area contributed by atoms with Gasteiger partial charge in [0.05, 0.1) is 5.92 Å². The summed E-state index contributed by atoms with van der Waals surface area (Å²) in [5, 5.41) is 0. The molecule has 2 atom stereocenters.